The van der Waals surface area contributed by atoms with Crippen LogP contribution in [0.25, 0.3) is 0 Å². The highest BCUT2D eigenvalue weighted by atomic mass is 32.2. The van der Waals surface area contributed by atoms with Crippen molar-refractivity contribution in [2.24, 2.45) is 0 Å². The van der Waals surface area contributed by atoms with Gasteiger partial charge in [0.2, 0.25) is 0 Å². The predicted octanol–water partition coefficient (Wildman–Crippen LogP) is 1.10. The van der Waals surface area contributed by atoms with Crippen LogP contribution in [0.4, 0.5) is 0 Å². The predicted molar refractivity (Wildman–Crippen MR) is 42.2 cm³/mol. The minimum atomic E-state index is -3.85. The van der Waals surface area contributed by atoms with Gasteiger partial charge >= 0.3 is 0 Å². The molecule has 5 heteroatoms. The van der Waals surface area contributed by atoms with Crippen LogP contribution in [-0.2, 0) is 10.1 Å². The summed E-state index contributed by atoms with van der Waals surface area (Å²) in [5.41, 5.74) is 0. The van der Waals surface area contributed by atoms with Crippen molar-refractivity contribution in [2.75, 3.05) is 0 Å². The molecule has 0 amide bonds. The first-order valence-corrected chi connectivity index (χ1v) is 4.09. The summed E-state index contributed by atoms with van der Waals surface area (Å²) in [5, 5.41) is 8.22. The van der Waals surface area contributed by atoms with E-state index in [1.165, 1.54) is 19.1 Å². The van der Waals surface area contributed by atoms with Gasteiger partial charge in [0, 0.05) is 6.08 Å². The van der Waals surface area contributed by atoms with Crippen LogP contribution in [0.3, 0.4) is 0 Å². The minimum Gasteiger partial charge on any atom is -0.282 e. The van der Waals surface area contributed by atoms with E-state index in [2.05, 4.69) is 6.58 Å². The maximum atomic E-state index is 9.70. The fourth-order valence-electron chi connectivity index (χ4n) is 0.172. The van der Waals surface area contributed by atoms with E-state index >= 15 is 0 Å². The van der Waals surface area contributed by atoms with Crippen molar-refractivity contribution < 1.29 is 13.0 Å². The number of hydrogen-bond acceptors (Lipinski definition) is 3. The van der Waals surface area contributed by atoms with Gasteiger partial charge in [0.1, 0.15) is 0 Å². The van der Waals surface area contributed by atoms with E-state index < -0.39 is 10.1 Å². The zero-order chi connectivity index (χ0) is 9.33. The van der Waals surface area contributed by atoms with E-state index in [0.29, 0.717) is 5.41 Å². The Kier molecular flexibility index (Phi) is 7.98. The Hall–Kier alpha value is -1.12. The van der Waals surface area contributed by atoms with Crippen LogP contribution < -0.4 is 0 Å². The normalized spacial score (nSPS) is 9.55. The molecule has 0 spiro atoms. The van der Waals surface area contributed by atoms with Crippen LogP contribution in [0.15, 0.2) is 24.1 Å². The second-order valence-corrected chi connectivity index (χ2v) is 2.62. The van der Waals surface area contributed by atoms with Gasteiger partial charge < -0.3 is 0 Å². The summed E-state index contributed by atoms with van der Waals surface area (Å²) in [6.07, 6.45) is 2.43. The molecule has 0 aliphatic carbocycles. The Bertz CT molecular complexity index is 258. The molecule has 0 aromatic heterocycles. The van der Waals surface area contributed by atoms with E-state index in [1.54, 1.807) is 6.07 Å². The van der Waals surface area contributed by atoms with Crippen molar-refractivity contribution in [2.45, 2.75) is 6.92 Å². The summed E-state index contributed by atoms with van der Waals surface area (Å²) < 4.78 is 27.3. The van der Waals surface area contributed by atoms with Crippen molar-refractivity contribution in [3.8, 4) is 6.07 Å². The second-order valence-electron chi connectivity index (χ2n) is 1.32. The molecule has 0 aliphatic heterocycles. The van der Waals surface area contributed by atoms with E-state index in [4.69, 9.17) is 9.81 Å². The lowest BCUT2D eigenvalue weighted by atomic mass is 10.8. The quantitative estimate of drug-likeness (QED) is 0.478. The van der Waals surface area contributed by atoms with Gasteiger partial charge in [-0.3, -0.25) is 4.55 Å². The molecule has 0 bridgehead atoms. The SMILES string of the molecule is C=CC#N.CC=CS(=O)(=O)O. The molecule has 0 unspecified atom stereocenters. The number of nitriles is 1. The third-order valence-corrected chi connectivity index (χ3v) is 1.02. The first-order chi connectivity index (χ1) is 4.97. The number of hydrogen-bond donors (Lipinski definition) is 1. The van der Waals surface area contributed by atoms with Gasteiger partial charge in [-0.2, -0.15) is 13.7 Å². The van der Waals surface area contributed by atoms with Gasteiger partial charge in [-0.25, -0.2) is 0 Å². The largest absolute Gasteiger partial charge is 0.287 e. The summed E-state index contributed by atoms with van der Waals surface area (Å²) in [6.45, 7) is 4.63. The van der Waals surface area contributed by atoms with Crippen LogP contribution >= 0.6 is 0 Å². The van der Waals surface area contributed by atoms with Crippen LogP contribution in [0.5, 0.6) is 0 Å². The summed E-state index contributed by atoms with van der Waals surface area (Å²) >= 11 is 0. The zero-order valence-electron chi connectivity index (χ0n) is 6.06. The van der Waals surface area contributed by atoms with E-state index in [0.717, 1.165) is 0 Å². The number of rotatable bonds is 1. The lowest BCUT2D eigenvalue weighted by molar-refractivity contribution is 0.494. The second kappa shape index (κ2) is 6.99. The van der Waals surface area contributed by atoms with Crippen LogP contribution in [0.2, 0.25) is 0 Å². The molecule has 0 heterocycles. The van der Waals surface area contributed by atoms with Gasteiger partial charge in [-0.05, 0) is 6.92 Å². The Morgan fingerprint density at radius 1 is 1.64 bits per heavy atom. The van der Waals surface area contributed by atoms with Gasteiger partial charge in [-0.15, -0.1) is 0 Å². The lowest BCUT2D eigenvalue weighted by Crippen LogP contribution is -1.87. The van der Waals surface area contributed by atoms with Gasteiger partial charge in [0.25, 0.3) is 10.1 Å². The molecule has 0 aromatic rings. The lowest BCUT2D eigenvalue weighted by Gasteiger charge is -1.76. The Morgan fingerprint density at radius 3 is 2.00 bits per heavy atom. The first-order valence-electron chi connectivity index (χ1n) is 2.58. The number of nitrogens with zero attached hydrogens (tertiary/aromatic N) is 1. The molecule has 1 N–H and O–H groups in total. The third kappa shape index (κ3) is 27.9. The van der Waals surface area contributed by atoms with Crippen molar-refractivity contribution in [3.63, 3.8) is 0 Å². The molecule has 0 rings (SSSR count). The van der Waals surface area contributed by atoms with Gasteiger partial charge in [0.15, 0.2) is 0 Å². The van der Waals surface area contributed by atoms with Crippen molar-refractivity contribution in [1.29, 1.82) is 5.26 Å². The van der Waals surface area contributed by atoms with Crippen molar-refractivity contribution in [1.82, 2.24) is 0 Å². The number of allylic oxidation sites excluding steroid dienone is 2. The van der Waals surface area contributed by atoms with Gasteiger partial charge in [0.05, 0.1) is 11.5 Å². The van der Waals surface area contributed by atoms with E-state index in [1.807, 2.05) is 0 Å². The molecule has 62 valence electrons. The van der Waals surface area contributed by atoms with Crippen LogP contribution in [-0.4, -0.2) is 13.0 Å². The topological polar surface area (TPSA) is 78.2 Å². The van der Waals surface area contributed by atoms with E-state index in [-0.39, 0.29) is 0 Å². The maximum absolute atomic E-state index is 9.70. The average molecular weight is 175 g/mol. The molecule has 0 atom stereocenters. The zero-order valence-corrected chi connectivity index (χ0v) is 6.87. The summed E-state index contributed by atoms with van der Waals surface area (Å²) in [6, 6.07) is 1.69. The van der Waals surface area contributed by atoms with Crippen molar-refractivity contribution >= 4 is 10.1 Å². The molecule has 11 heavy (non-hydrogen) atoms. The highest BCUT2D eigenvalue weighted by Crippen LogP contribution is 1.80. The molecule has 0 saturated heterocycles. The fraction of sp³-hybridized carbons (Fsp3) is 0.167. The smallest absolute Gasteiger partial charge is 0.282 e. The molecule has 0 fully saturated rings. The molecule has 0 saturated carbocycles. The first kappa shape index (κ1) is 12.5. The molecule has 0 radical (unpaired) electrons. The van der Waals surface area contributed by atoms with Gasteiger partial charge in [-0.1, -0.05) is 12.7 Å². The summed E-state index contributed by atoms with van der Waals surface area (Å²) in [4.78, 5) is 0. The van der Waals surface area contributed by atoms with E-state index in [9.17, 15) is 8.42 Å². The summed E-state index contributed by atoms with van der Waals surface area (Å²) in [7, 11) is -3.85. The fourth-order valence-corrected chi connectivity index (χ4v) is 0.516. The molecule has 4 nitrogen and oxygen atoms in total. The Balaban J connectivity index is 0. The van der Waals surface area contributed by atoms with Crippen LogP contribution in [0.1, 0.15) is 6.92 Å². The molecule has 0 aliphatic rings. The highest BCUT2D eigenvalue weighted by Gasteiger charge is 1.90. The molecular formula is C6H9NO3S. The summed E-state index contributed by atoms with van der Waals surface area (Å²) in [5.74, 6) is 0. The molecule has 0 aromatic carbocycles. The maximum Gasteiger partial charge on any atom is 0.287 e. The van der Waals surface area contributed by atoms with Crippen molar-refractivity contribution in [3.05, 3.63) is 24.1 Å². The highest BCUT2D eigenvalue weighted by molar-refractivity contribution is 7.88. The molecular weight excluding hydrogens is 166 g/mol. The third-order valence-electron chi connectivity index (χ3n) is 0.399. The monoisotopic (exact) mass is 175 g/mol. The standard InChI is InChI=1S/C3H3N.C3H6O3S/c1-2-3-4;1-2-3-7(4,5)6/h2H,1H2;2-3H,1H3,(H,4,5,6). The average Bonchev–Trinajstić information content (AvgIpc) is 1.86. The minimum absolute atomic E-state index is 0.715. The van der Waals surface area contributed by atoms with Crippen LogP contribution in [0, 0.1) is 11.3 Å². The Morgan fingerprint density at radius 2 is 2.00 bits per heavy atom. The Labute approximate surface area is 66.2 Å².